The number of likely N-dealkylation sites (tertiary alicyclic amines) is 1. The lowest BCUT2D eigenvalue weighted by atomic mass is 9.68. The molecule has 3 heteroatoms. The van der Waals surface area contributed by atoms with E-state index in [4.69, 9.17) is 0 Å². The Hall–Kier alpha value is -0.410. The van der Waals surface area contributed by atoms with E-state index in [1.807, 2.05) is 0 Å². The zero-order valence-electron chi connectivity index (χ0n) is 14.7. The molecule has 1 saturated heterocycles. The van der Waals surface area contributed by atoms with E-state index >= 15 is 0 Å². The molecule has 1 aliphatic carbocycles. The van der Waals surface area contributed by atoms with Gasteiger partial charge in [0.05, 0.1) is 0 Å². The third kappa shape index (κ3) is 4.53. The van der Waals surface area contributed by atoms with Crippen LogP contribution in [0.2, 0.25) is 0 Å². The summed E-state index contributed by atoms with van der Waals surface area (Å²) in [4.78, 5) is 17.2. The van der Waals surface area contributed by atoms with Gasteiger partial charge in [-0.05, 0) is 64.2 Å². The maximum atomic E-state index is 12.3. The van der Waals surface area contributed by atoms with Crippen molar-refractivity contribution in [2.75, 3.05) is 33.7 Å². The number of nitrogens with zero attached hydrogens (tertiary/aromatic N) is 2. The first-order valence-corrected chi connectivity index (χ1v) is 8.69. The number of hydrogen-bond acceptors (Lipinski definition) is 3. The Balaban J connectivity index is 1.85. The van der Waals surface area contributed by atoms with Crippen LogP contribution in [0, 0.1) is 17.3 Å². The van der Waals surface area contributed by atoms with Crippen molar-refractivity contribution in [1.29, 1.82) is 0 Å². The van der Waals surface area contributed by atoms with Gasteiger partial charge in [-0.25, -0.2) is 0 Å². The summed E-state index contributed by atoms with van der Waals surface area (Å²) < 4.78 is 0. The highest BCUT2D eigenvalue weighted by atomic mass is 16.1. The summed E-state index contributed by atoms with van der Waals surface area (Å²) in [7, 11) is 4.36. The summed E-state index contributed by atoms with van der Waals surface area (Å²) in [6.45, 7) is 10.3. The van der Waals surface area contributed by atoms with Gasteiger partial charge in [-0.15, -0.1) is 0 Å². The number of ketones is 1. The molecular formula is C18H34N2O. The van der Waals surface area contributed by atoms with Crippen molar-refractivity contribution in [1.82, 2.24) is 9.80 Å². The predicted octanol–water partition coefficient (Wildman–Crippen LogP) is 3.04. The lowest BCUT2D eigenvalue weighted by Gasteiger charge is -2.40. The van der Waals surface area contributed by atoms with E-state index in [0.717, 1.165) is 44.9 Å². The summed E-state index contributed by atoms with van der Waals surface area (Å²) in [5, 5.41) is 0. The molecule has 0 aromatic carbocycles. The van der Waals surface area contributed by atoms with Crippen LogP contribution in [0.5, 0.6) is 0 Å². The fraction of sp³-hybridized carbons (Fsp3) is 0.944. The van der Waals surface area contributed by atoms with Crippen LogP contribution in [0.1, 0.15) is 52.9 Å². The number of Topliss-reactive ketones (excluding diaryl/α,β-unsaturated/α-hetero) is 1. The number of piperidine rings is 1. The van der Waals surface area contributed by atoms with Gasteiger partial charge in [0.15, 0.2) is 0 Å². The van der Waals surface area contributed by atoms with Crippen molar-refractivity contribution in [3.63, 3.8) is 0 Å². The van der Waals surface area contributed by atoms with E-state index in [9.17, 15) is 4.79 Å². The van der Waals surface area contributed by atoms with Crippen molar-refractivity contribution in [3.8, 4) is 0 Å². The maximum absolute atomic E-state index is 12.3. The molecule has 1 saturated carbocycles. The van der Waals surface area contributed by atoms with Gasteiger partial charge >= 0.3 is 0 Å². The average Bonchev–Trinajstić information content (AvgIpc) is 2.40. The summed E-state index contributed by atoms with van der Waals surface area (Å²) in [6.07, 6.45) is 5.51. The lowest BCUT2D eigenvalue weighted by molar-refractivity contribution is -0.127. The van der Waals surface area contributed by atoms with Crippen LogP contribution in [0.4, 0.5) is 0 Å². The number of carbonyl (C=O) groups is 1. The van der Waals surface area contributed by atoms with E-state index < -0.39 is 0 Å². The Kier molecular flexibility index (Phi) is 5.48. The summed E-state index contributed by atoms with van der Waals surface area (Å²) in [6, 6.07) is 0.727. The van der Waals surface area contributed by atoms with Crippen LogP contribution in [0.3, 0.4) is 0 Å². The molecule has 0 radical (unpaired) electrons. The molecule has 0 bridgehead atoms. The van der Waals surface area contributed by atoms with Crippen LogP contribution in [0.25, 0.3) is 0 Å². The zero-order valence-corrected chi connectivity index (χ0v) is 14.7. The molecule has 21 heavy (non-hydrogen) atoms. The first kappa shape index (κ1) is 17.0. The Morgan fingerprint density at radius 3 is 2.29 bits per heavy atom. The second-order valence-corrected chi connectivity index (χ2v) is 8.50. The summed E-state index contributed by atoms with van der Waals surface area (Å²) >= 11 is 0. The quantitative estimate of drug-likeness (QED) is 0.799. The Morgan fingerprint density at radius 2 is 1.76 bits per heavy atom. The summed E-state index contributed by atoms with van der Waals surface area (Å²) in [5.74, 6) is 1.52. The van der Waals surface area contributed by atoms with Crippen molar-refractivity contribution >= 4 is 5.78 Å². The number of rotatable bonds is 3. The lowest BCUT2D eigenvalue weighted by Crippen LogP contribution is -2.45. The minimum atomic E-state index is 0.291. The molecule has 3 nitrogen and oxygen atoms in total. The Bertz CT molecular complexity index is 351. The first-order valence-electron chi connectivity index (χ1n) is 8.69. The number of hydrogen-bond donors (Lipinski definition) is 0. The normalized spacial score (nSPS) is 30.1. The topological polar surface area (TPSA) is 23.6 Å². The average molecular weight is 294 g/mol. The fourth-order valence-corrected chi connectivity index (χ4v) is 4.01. The highest BCUT2D eigenvalue weighted by molar-refractivity contribution is 5.82. The molecule has 0 spiro atoms. The minimum absolute atomic E-state index is 0.291. The first-order chi connectivity index (χ1) is 9.77. The van der Waals surface area contributed by atoms with Crippen LogP contribution < -0.4 is 0 Å². The highest BCUT2D eigenvalue weighted by Crippen LogP contribution is 2.39. The molecule has 2 aliphatic rings. The monoisotopic (exact) mass is 294 g/mol. The van der Waals surface area contributed by atoms with Gasteiger partial charge in [0.2, 0.25) is 0 Å². The molecule has 1 aliphatic heterocycles. The third-order valence-electron chi connectivity index (χ3n) is 5.75. The molecule has 122 valence electrons. The van der Waals surface area contributed by atoms with E-state index in [2.05, 4.69) is 44.7 Å². The molecule has 2 atom stereocenters. The van der Waals surface area contributed by atoms with Crippen LogP contribution >= 0.6 is 0 Å². The third-order valence-corrected chi connectivity index (χ3v) is 5.75. The van der Waals surface area contributed by atoms with Crippen LogP contribution in [-0.4, -0.2) is 55.4 Å². The maximum Gasteiger partial charge on any atom is 0.137 e. The van der Waals surface area contributed by atoms with Crippen molar-refractivity contribution < 1.29 is 4.79 Å². The molecule has 2 fully saturated rings. The van der Waals surface area contributed by atoms with Gasteiger partial charge in [0, 0.05) is 24.9 Å². The van der Waals surface area contributed by atoms with E-state index in [1.165, 1.54) is 12.8 Å². The van der Waals surface area contributed by atoms with Gasteiger partial charge in [0.1, 0.15) is 5.78 Å². The Labute approximate surface area is 131 Å². The Morgan fingerprint density at radius 1 is 1.14 bits per heavy atom. The van der Waals surface area contributed by atoms with Gasteiger partial charge in [0.25, 0.3) is 0 Å². The largest absolute Gasteiger partial charge is 0.306 e. The standard InChI is InChI=1S/C18H34N2O/c1-18(2,3)15-6-7-17(21)14(12-15)13-20-10-8-16(9-11-20)19(4)5/h14-16H,6-13H2,1-5H3. The van der Waals surface area contributed by atoms with Crippen molar-refractivity contribution in [2.45, 2.75) is 58.9 Å². The fourth-order valence-electron chi connectivity index (χ4n) is 4.01. The second-order valence-electron chi connectivity index (χ2n) is 8.50. The molecule has 0 N–H and O–H groups in total. The highest BCUT2D eigenvalue weighted by Gasteiger charge is 2.36. The van der Waals surface area contributed by atoms with Gasteiger partial charge < -0.3 is 9.80 Å². The zero-order chi connectivity index (χ0) is 15.6. The van der Waals surface area contributed by atoms with Gasteiger partial charge in [-0.2, -0.15) is 0 Å². The molecule has 0 aromatic heterocycles. The van der Waals surface area contributed by atoms with Crippen LogP contribution in [0.15, 0.2) is 0 Å². The van der Waals surface area contributed by atoms with E-state index in [-0.39, 0.29) is 0 Å². The molecule has 2 unspecified atom stereocenters. The van der Waals surface area contributed by atoms with Gasteiger partial charge in [-0.3, -0.25) is 4.79 Å². The molecular weight excluding hydrogens is 260 g/mol. The van der Waals surface area contributed by atoms with Crippen molar-refractivity contribution in [2.24, 2.45) is 17.3 Å². The number of carbonyl (C=O) groups excluding carboxylic acids is 1. The van der Waals surface area contributed by atoms with Crippen molar-refractivity contribution in [3.05, 3.63) is 0 Å². The predicted molar refractivity (Wildman–Crippen MR) is 88.4 cm³/mol. The molecule has 2 rings (SSSR count). The SMILES string of the molecule is CN(C)C1CCN(CC2CC(C(C)(C)C)CCC2=O)CC1. The van der Waals surface area contributed by atoms with Gasteiger partial charge in [-0.1, -0.05) is 20.8 Å². The minimum Gasteiger partial charge on any atom is -0.306 e. The van der Waals surface area contributed by atoms with E-state index in [1.54, 1.807) is 0 Å². The summed E-state index contributed by atoms with van der Waals surface area (Å²) in [5.41, 5.74) is 0.344. The van der Waals surface area contributed by atoms with Crippen LogP contribution in [-0.2, 0) is 4.79 Å². The molecule has 0 aromatic rings. The molecule has 1 heterocycles. The smallest absolute Gasteiger partial charge is 0.137 e. The second kappa shape index (κ2) is 6.78. The van der Waals surface area contributed by atoms with E-state index in [0.29, 0.717) is 23.0 Å². The molecule has 0 amide bonds.